The summed E-state index contributed by atoms with van der Waals surface area (Å²) in [5.74, 6) is -0.508. The molecule has 2 atom stereocenters. The van der Waals surface area contributed by atoms with Crippen LogP contribution in [0, 0.1) is 12.1 Å². The molecule has 3 heterocycles. The Balaban J connectivity index is 1.74. The zero-order valence-corrected chi connectivity index (χ0v) is 21.7. The van der Waals surface area contributed by atoms with E-state index in [-0.39, 0.29) is 23.0 Å². The van der Waals surface area contributed by atoms with Crippen molar-refractivity contribution in [2.75, 3.05) is 11.9 Å². The van der Waals surface area contributed by atoms with Crippen LogP contribution in [0.2, 0.25) is 0 Å². The Kier molecular flexibility index (Phi) is 8.29. The highest BCUT2D eigenvalue weighted by molar-refractivity contribution is 7.14. The number of halogens is 1. The number of alkyl carbamates (subject to hydrolysis) is 1. The lowest BCUT2D eigenvalue weighted by Gasteiger charge is -2.29. The first-order valence-electron chi connectivity index (χ1n) is 11.3. The number of hydrogen-bond donors (Lipinski definition) is 2. The van der Waals surface area contributed by atoms with Gasteiger partial charge < -0.3 is 15.0 Å². The van der Waals surface area contributed by atoms with Crippen LogP contribution in [0.1, 0.15) is 79.5 Å². The third-order valence-corrected chi connectivity index (χ3v) is 7.16. The van der Waals surface area contributed by atoms with Crippen molar-refractivity contribution in [3.05, 3.63) is 32.7 Å². The monoisotopic (exact) mass is 510 g/mol. The zero-order valence-electron chi connectivity index (χ0n) is 20.1. The van der Waals surface area contributed by atoms with Gasteiger partial charge >= 0.3 is 6.09 Å². The van der Waals surface area contributed by atoms with E-state index in [1.54, 1.807) is 31.7 Å². The largest absolute Gasteiger partial charge is 0.444 e. The van der Waals surface area contributed by atoms with Gasteiger partial charge in [-0.2, -0.15) is 4.39 Å². The fourth-order valence-corrected chi connectivity index (χ4v) is 5.61. The lowest BCUT2D eigenvalue weighted by Crippen LogP contribution is -2.49. The van der Waals surface area contributed by atoms with Crippen molar-refractivity contribution >= 4 is 45.7 Å². The molecular formula is C23H31FN4O4S2. The number of rotatable bonds is 7. The zero-order chi connectivity index (χ0) is 25.0. The number of nitrogens with one attached hydrogen (secondary N) is 2. The number of carbonyl (C=O) groups excluding carboxylic acids is 3. The molecule has 0 aromatic carbocycles. The number of hydrogen-bond acceptors (Lipinski definition) is 7. The average molecular weight is 511 g/mol. The summed E-state index contributed by atoms with van der Waals surface area (Å²) in [5.41, 5.74) is -0.178. The summed E-state index contributed by atoms with van der Waals surface area (Å²) in [7, 11) is 0. The number of anilines is 1. The van der Waals surface area contributed by atoms with E-state index in [1.807, 2.05) is 13.8 Å². The van der Waals surface area contributed by atoms with Crippen molar-refractivity contribution in [2.24, 2.45) is 0 Å². The Morgan fingerprint density at radius 3 is 2.68 bits per heavy atom. The second-order valence-electron chi connectivity index (χ2n) is 9.22. The van der Waals surface area contributed by atoms with Crippen LogP contribution in [-0.4, -0.2) is 46.0 Å². The van der Waals surface area contributed by atoms with Crippen LogP contribution >= 0.6 is 22.7 Å². The van der Waals surface area contributed by atoms with Crippen LogP contribution < -0.4 is 10.6 Å². The molecule has 34 heavy (non-hydrogen) atoms. The van der Waals surface area contributed by atoms with Gasteiger partial charge in [-0.25, -0.2) is 9.78 Å². The minimum absolute atomic E-state index is 0.148. The maximum Gasteiger partial charge on any atom is 0.408 e. The fraction of sp³-hybridized carbons (Fsp3) is 0.565. The molecule has 0 spiro atoms. The molecule has 0 aliphatic carbocycles. The molecular weight excluding hydrogens is 479 g/mol. The highest BCUT2D eigenvalue weighted by Crippen LogP contribution is 2.38. The van der Waals surface area contributed by atoms with Crippen LogP contribution in [0.5, 0.6) is 0 Å². The highest BCUT2D eigenvalue weighted by Gasteiger charge is 2.36. The Hall–Kier alpha value is -2.53. The number of ether oxygens (including phenoxy) is 1. The van der Waals surface area contributed by atoms with Crippen molar-refractivity contribution in [1.82, 2.24) is 15.2 Å². The quantitative estimate of drug-likeness (QED) is 0.529. The molecule has 2 aromatic heterocycles. The summed E-state index contributed by atoms with van der Waals surface area (Å²) in [5, 5.41) is 5.09. The van der Waals surface area contributed by atoms with E-state index in [0.717, 1.165) is 46.6 Å². The van der Waals surface area contributed by atoms with Crippen molar-refractivity contribution < 1.29 is 23.5 Å². The fourth-order valence-electron chi connectivity index (χ4n) is 3.89. The van der Waals surface area contributed by atoms with Crippen LogP contribution in [-0.2, 0) is 9.53 Å². The SMILES string of the molecule is CCC[C@H](NC(=O)OC(C)(C)C)C(=O)N1CCCC1c1cc(C(=O)Nc2ncc(F)s2)c(C)s1. The molecule has 0 radical (unpaired) electrons. The first-order valence-corrected chi connectivity index (χ1v) is 12.9. The van der Waals surface area contributed by atoms with Crippen molar-refractivity contribution in [3.8, 4) is 0 Å². The normalized spacial score (nSPS) is 16.9. The Labute approximate surface area is 206 Å². The predicted octanol–water partition coefficient (Wildman–Crippen LogP) is 5.26. The number of aromatic nitrogens is 1. The maximum atomic E-state index is 13.4. The van der Waals surface area contributed by atoms with Crippen molar-refractivity contribution in [3.63, 3.8) is 0 Å². The maximum absolute atomic E-state index is 13.4. The average Bonchev–Trinajstić information content (AvgIpc) is 3.45. The molecule has 11 heteroatoms. The van der Waals surface area contributed by atoms with Crippen LogP contribution in [0.3, 0.4) is 0 Å². The molecule has 8 nitrogen and oxygen atoms in total. The van der Waals surface area contributed by atoms with Crippen LogP contribution in [0.15, 0.2) is 12.3 Å². The molecule has 1 unspecified atom stereocenters. The predicted molar refractivity (Wildman–Crippen MR) is 131 cm³/mol. The van der Waals surface area contributed by atoms with Crippen LogP contribution in [0.4, 0.5) is 14.3 Å². The van der Waals surface area contributed by atoms with Gasteiger partial charge in [-0.1, -0.05) is 24.7 Å². The summed E-state index contributed by atoms with van der Waals surface area (Å²) in [4.78, 5) is 45.8. The molecule has 186 valence electrons. The van der Waals surface area contributed by atoms with E-state index < -0.39 is 22.9 Å². The molecule has 3 amide bonds. The van der Waals surface area contributed by atoms with Gasteiger partial charge in [-0.3, -0.25) is 14.9 Å². The Bertz CT molecular complexity index is 1050. The van der Waals surface area contributed by atoms with Crippen molar-refractivity contribution in [1.29, 1.82) is 0 Å². The Morgan fingerprint density at radius 2 is 2.06 bits per heavy atom. The molecule has 1 aliphatic rings. The van der Waals surface area contributed by atoms with E-state index in [9.17, 15) is 18.8 Å². The minimum Gasteiger partial charge on any atom is -0.444 e. The molecule has 0 saturated carbocycles. The van der Waals surface area contributed by atoms with Crippen LogP contribution in [0.25, 0.3) is 0 Å². The third-order valence-electron chi connectivity index (χ3n) is 5.31. The molecule has 2 aromatic rings. The number of thiophene rings is 1. The highest BCUT2D eigenvalue weighted by atomic mass is 32.1. The van der Waals surface area contributed by atoms with E-state index in [1.165, 1.54) is 11.3 Å². The van der Waals surface area contributed by atoms with Gasteiger partial charge in [0.25, 0.3) is 5.91 Å². The summed E-state index contributed by atoms with van der Waals surface area (Å²) < 4.78 is 18.5. The molecule has 0 bridgehead atoms. The molecule has 1 aliphatic heterocycles. The number of carbonyl (C=O) groups is 3. The lowest BCUT2D eigenvalue weighted by atomic mass is 10.1. The molecule has 1 saturated heterocycles. The second-order valence-corrected chi connectivity index (χ2v) is 11.5. The van der Waals surface area contributed by atoms with Gasteiger partial charge in [-0.15, -0.1) is 11.3 Å². The van der Waals surface area contributed by atoms with E-state index in [2.05, 4.69) is 15.6 Å². The summed E-state index contributed by atoms with van der Waals surface area (Å²) >= 11 is 2.23. The summed E-state index contributed by atoms with van der Waals surface area (Å²) in [6.45, 7) is 9.71. The lowest BCUT2D eigenvalue weighted by molar-refractivity contribution is -0.134. The topological polar surface area (TPSA) is 101 Å². The number of thiazole rings is 1. The number of amides is 3. The van der Waals surface area contributed by atoms with Gasteiger partial charge in [0.05, 0.1) is 17.8 Å². The molecule has 3 rings (SSSR count). The summed E-state index contributed by atoms with van der Waals surface area (Å²) in [6.07, 6.45) is 3.29. The third kappa shape index (κ3) is 6.53. The van der Waals surface area contributed by atoms with Gasteiger partial charge in [0.2, 0.25) is 5.91 Å². The minimum atomic E-state index is -0.677. The standard InChI is InChI=1S/C23H31FN4O4S2/c1-6-8-15(26-22(31)32-23(3,4)5)20(30)28-10-7-9-16(28)17-11-14(13(2)33-17)19(29)27-21-25-12-18(24)34-21/h11-12,15-16H,6-10H2,1-5H3,(H,26,31)(H,25,27,29)/t15-,16?/m0/s1. The first kappa shape index (κ1) is 26.1. The summed E-state index contributed by atoms with van der Waals surface area (Å²) in [6, 6.07) is 0.949. The first-order chi connectivity index (χ1) is 16.0. The Morgan fingerprint density at radius 1 is 1.32 bits per heavy atom. The van der Waals surface area contributed by atoms with Crippen molar-refractivity contribution in [2.45, 2.75) is 78.0 Å². The second kappa shape index (κ2) is 10.8. The number of likely N-dealkylation sites (tertiary alicyclic amines) is 1. The van der Waals surface area contributed by atoms with E-state index >= 15 is 0 Å². The van der Waals surface area contributed by atoms with E-state index in [0.29, 0.717) is 18.5 Å². The van der Waals surface area contributed by atoms with E-state index in [4.69, 9.17) is 4.74 Å². The van der Waals surface area contributed by atoms with Gasteiger partial charge in [-0.05, 0) is 53.0 Å². The molecule has 2 N–H and O–H groups in total. The number of aryl methyl sites for hydroxylation is 1. The van der Waals surface area contributed by atoms with Gasteiger partial charge in [0.15, 0.2) is 10.3 Å². The van der Waals surface area contributed by atoms with Gasteiger partial charge in [0, 0.05) is 16.3 Å². The number of nitrogens with zero attached hydrogens (tertiary/aromatic N) is 2. The van der Waals surface area contributed by atoms with Gasteiger partial charge in [0.1, 0.15) is 11.6 Å². The smallest absolute Gasteiger partial charge is 0.408 e. The molecule has 1 fully saturated rings.